The summed E-state index contributed by atoms with van der Waals surface area (Å²) in [6.07, 6.45) is 1.65. The summed E-state index contributed by atoms with van der Waals surface area (Å²) in [7, 11) is 0. The van der Waals surface area contributed by atoms with Crippen LogP contribution in [0.3, 0.4) is 0 Å². The molecule has 3 aliphatic heterocycles. The highest BCUT2D eigenvalue weighted by Gasteiger charge is 2.54. The van der Waals surface area contributed by atoms with Gasteiger partial charge in [-0.2, -0.15) is 0 Å². The number of hydrogen-bond donors (Lipinski definition) is 0. The summed E-state index contributed by atoms with van der Waals surface area (Å²) in [6.45, 7) is 11.8. The molecule has 0 aliphatic carbocycles. The van der Waals surface area contributed by atoms with Gasteiger partial charge in [-0.3, -0.25) is 14.5 Å². The number of imide groups is 1. The second-order valence-electron chi connectivity index (χ2n) is 9.04. The summed E-state index contributed by atoms with van der Waals surface area (Å²) in [5, 5.41) is 0. The minimum atomic E-state index is -1.27. The molecule has 3 saturated heterocycles. The fourth-order valence-electron chi connectivity index (χ4n) is 3.89. The molecule has 8 nitrogen and oxygen atoms in total. The number of rotatable bonds is 5. The molecule has 0 unspecified atom stereocenters. The van der Waals surface area contributed by atoms with Gasteiger partial charge in [-0.1, -0.05) is 34.6 Å². The molecule has 0 bridgehead atoms. The molecular weight excluding hydrogens is 366 g/mol. The Kier molecular flexibility index (Phi) is 5.91. The number of amides is 2. The third kappa shape index (κ3) is 3.85. The quantitative estimate of drug-likeness (QED) is 0.657. The maximum absolute atomic E-state index is 11.8. The van der Waals surface area contributed by atoms with Crippen LogP contribution in [0.25, 0.3) is 0 Å². The molecule has 0 aromatic rings. The first kappa shape index (κ1) is 21.6. The number of ether oxygens (including phenoxy) is 5. The van der Waals surface area contributed by atoms with Crippen molar-refractivity contribution in [3.8, 4) is 0 Å². The van der Waals surface area contributed by atoms with Gasteiger partial charge in [0.2, 0.25) is 11.8 Å². The monoisotopic (exact) mass is 399 g/mol. The Morgan fingerprint density at radius 3 is 1.82 bits per heavy atom. The molecule has 2 amide bonds. The predicted octanol–water partition coefficient (Wildman–Crippen LogP) is 2.41. The topological polar surface area (TPSA) is 83.5 Å². The minimum absolute atomic E-state index is 0.148. The van der Waals surface area contributed by atoms with Crippen LogP contribution in [-0.2, 0) is 33.3 Å². The molecule has 160 valence electrons. The summed E-state index contributed by atoms with van der Waals surface area (Å²) < 4.78 is 30.1. The third-order valence-corrected chi connectivity index (χ3v) is 6.03. The molecule has 0 aromatic carbocycles. The molecule has 3 rings (SSSR count). The maximum atomic E-state index is 11.8. The largest absolute Gasteiger partial charge is 0.349 e. The fourth-order valence-corrected chi connectivity index (χ4v) is 3.89. The molecule has 0 radical (unpaired) electrons. The van der Waals surface area contributed by atoms with E-state index in [1.807, 2.05) is 6.92 Å². The van der Waals surface area contributed by atoms with Crippen molar-refractivity contribution in [3.63, 3.8) is 0 Å². The molecule has 0 N–H and O–H groups in total. The molecule has 0 saturated carbocycles. The summed E-state index contributed by atoms with van der Waals surface area (Å²) in [4.78, 5) is 24.7. The van der Waals surface area contributed by atoms with E-state index >= 15 is 0 Å². The van der Waals surface area contributed by atoms with E-state index < -0.39 is 17.2 Å². The van der Waals surface area contributed by atoms with E-state index in [9.17, 15) is 9.59 Å². The average molecular weight is 399 g/mol. The van der Waals surface area contributed by atoms with Gasteiger partial charge in [0.1, 0.15) is 6.73 Å². The SMILES string of the molecule is CCC1(OCN2C(=O)CCC2=O)OCC2(CO1)COC(CC)(C(C)(C)C)OC2. The molecule has 0 atom stereocenters. The second-order valence-corrected chi connectivity index (χ2v) is 9.04. The smallest absolute Gasteiger partial charge is 0.284 e. The van der Waals surface area contributed by atoms with E-state index in [0.29, 0.717) is 32.8 Å². The summed E-state index contributed by atoms with van der Waals surface area (Å²) in [5.74, 6) is -2.34. The van der Waals surface area contributed by atoms with Crippen molar-refractivity contribution < 1.29 is 33.3 Å². The highest BCUT2D eigenvalue weighted by atomic mass is 16.9. The van der Waals surface area contributed by atoms with E-state index in [2.05, 4.69) is 27.7 Å². The lowest BCUT2D eigenvalue weighted by Gasteiger charge is -2.53. The standard InChI is InChI=1S/C20H33NO7/c1-6-19(17(3,4)5)24-10-18(11-25-19)12-26-20(7-2,27-13-18)28-14-21-15(22)8-9-16(21)23/h6-14H2,1-5H3. The zero-order valence-corrected chi connectivity index (χ0v) is 17.7. The molecule has 28 heavy (non-hydrogen) atoms. The summed E-state index contributed by atoms with van der Waals surface area (Å²) in [6, 6.07) is 0. The van der Waals surface area contributed by atoms with Gasteiger partial charge < -0.3 is 23.7 Å². The Labute approximate surface area is 166 Å². The van der Waals surface area contributed by atoms with Gasteiger partial charge in [0.05, 0.1) is 31.8 Å². The van der Waals surface area contributed by atoms with Gasteiger partial charge in [0, 0.05) is 24.7 Å². The highest BCUT2D eigenvalue weighted by Crippen LogP contribution is 2.45. The van der Waals surface area contributed by atoms with Crippen LogP contribution in [0.1, 0.15) is 60.3 Å². The summed E-state index contributed by atoms with van der Waals surface area (Å²) >= 11 is 0. The molecule has 3 heterocycles. The van der Waals surface area contributed by atoms with Crippen molar-refractivity contribution >= 4 is 11.8 Å². The van der Waals surface area contributed by atoms with Crippen molar-refractivity contribution in [2.75, 3.05) is 33.2 Å². The Bertz CT molecular complexity index is 578. The van der Waals surface area contributed by atoms with Crippen LogP contribution < -0.4 is 0 Å². The first-order valence-electron chi connectivity index (χ1n) is 10.1. The van der Waals surface area contributed by atoms with Gasteiger partial charge in [0.15, 0.2) is 5.79 Å². The number of carbonyl (C=O) groups is 2. The highest BCUT2D eigenvalue weighted by molar-refractivity contribution is 6.01. The fraction of sp³-hybridized carbons (Fsp3) is 0.900. The van der Waals surface area contributed by atoms with E-state index in [-0.39, 0.29) is 36.8 Å². The van der Waals surface area contributed by atoms with E-state index in [1.54, 1.807) is 0 Å². The lowest BCUT2D eigenvalue weighted by atomic mass is 9.81. The zero-order valence-electron chi connectivity index (χ0n) is 17.7. The van der Waals surface area contributed by atoms with E-state index in [4.69, 9.17) is 23.7 Å². The van der Waals surface area contributed by atoms with Crippen LogP contribution in [0.15, 0.2) is 0 Å². The Morgan fingerprint density at radius 2 is 1.39 bits per heavy atom. The zero-order chi connectivity index (χ0) is 20.6. The molecule has 8 heteroatoms. The van der Waals surface area contributed by atoms with Crippen molar-refractivity contribution in [1.82, 2.24) is 4.90 Å². The molecule has 1 spiro atoms. The number of hydrogen-bond acceptors (Lipinski definition) is 7. The normalized spacial score (nSPS) is 37.1. The van der Waals surface area contributed by atoms with Crippen LogP contribution in [0.5, 0.6) is 0 Å². The number of likely N-dealkylation sites (tertiary alicyclic amines) is 1. The van der Waals surface area contributed by atoms with Crippen molar-refractivity contribution in [1.29, 1.82) is 0 Å². The first-order chi connectivity index (χ1) is 13.1. The lowest BCUT2D eigenvalue weighted by molar-refractivity contribution is -0.447. The average Bonchev–Trinajstić information content (AvgIpc) is 2.99. The van der Waals surface area contributed by atoms with Crippen molar-refractivity contribution in [3.05, 3.63) is 0 Å². The van der Waals surface area contributed by atoms with Crippen LogP contribution in [0.2, 0.25) is 0 Å². The van der Waals surface area contributed by atoms with Crippen LogP contribution in [0.4, 0.5) is 0 Å². The van der Waals surface area contributed by atoms with E-state index in [0.717, 1.165) is 11.3 Å². The van der Waals surface area contributed by atoms with Gasteiger partial charge in [-0.15, -0.1) is 0 Å². The first-order valence-corrected chi connectivity index (χ1v) is 10.1. The maximum Gasteiger partial charge on any atom is 0.284 e. The van der Waals surface area contributed by atoms with Crippen LogP contribution >= 0.6 is 0 Å². The predicted molar refractivity (Wildman–Crippen MR) is 98.8 cm³/mol. The van der Waals surface area contributed by atoms with Gasteiger partial charge in [-0.05, 0) is 6.42 Å². The van der Waals surface area contributed by atoms with Crippen molar-refractivity contribution in [2.45, 2.75) is 72.1 Å². The molecule has 0 aromatic heterocycles. The Morgan fingerprint density at radius 1 is 0.893 bits per heavy atom. The van der Waals surface area contributed by atoms with Gasteiger partial charge >= 0.3 is 0 Å². The van der Waals surface area contributed by atoms with Crippen LogP contribution in [-0.4, -0.2) is 61.6 Å². The molecule has 3 aliphatic rings. The van der Waals surface area contributed by atoms with Gasteiger partial charge in [-0.25, -0.2) is 0 Å². The Hall–Kier alpha value is -1.06. The second kappa shape index (κ2) is 7.65. The Balaban J connectivity index is 1.58. The van der Waals surface area contributed by atoms with Crippen LogP contribution in [0, 0.1) is 10.8 Å². The minimum Gasteiger partial charge on any atom is -0.349 e. The number of nitrogens with zero attached hydrogens (tertiary/aromatic N) is 1. The summed E-state index contributed by atoms with van der Waals surface area (Å²) in [5.41, 5.74) is -0.546. The van der Waals surface area contributed by atoms with Gasteiger partial charge in [0.25, 0.3) is 5.97 Å². The van der Waals surface area contributed by atoms with E-state index in [1.165, 1.54) is 0 Å². The third-order valence-electron chi connectivity index (χ3n) is 6.03. The lowest BCUT2D eigenvalue weighted by Crippen LogP contribution is -2.62. The molecular formula is C20H33NO7. The molecule has 3 fully saturated rings. The van der Waals surface area contributed by atoms with Crippen molar-refractivity contribution in [2.24, 2.45) is 10.8 Å². The number of carbonyl (C=O) groups excluding carboxylic acids is 2.